The number of rotatable bonds is 6. The van der Waals surface area contributed by atoms with E-state index in [-0.39, 0.29) is 5.41 Å². The highest BCUT2D eigenvalue weighted by molar-refractivity contribution is 5.60. The van der Waals surface area contributed by atoms with Crippen molar-refractivity contribution < 1.29 is 0 Å². The molecule has 98 valence electrons. The lowest BCUT2D eigenvalue weighted by molar-refractivity contribution is 0.234. The van der Waals surface area contributed by atoms with Crippen LogP contribution in [0, 0.1) is 22.2 Å². The molecule has 0 aliphatic carbocycles. The van der Waals surface area contributed by atoms with Crippen LogP contribution in [0.15, 0.2) is 0 Å². The smallest absolute Gasteiger partial charge is 0.000877 e. The molecular weight excluding hydrogens is 194 g/mol. The highest BCUT2D eigenvalue weighted by atomic mass is 14.4. The van der Waals surface area contributed by atoms with Crippen LogP contribution in [-0.4, -0.2) is 6.21 Å². The second-order valence-electron chi connectivity index (χ2n) is 6.16. The highest BCUT2D eigenvalue weighted by Crippen LogP contribution is 2.34. The predicted octanol–water partition coefficient (Wildman–Crippen LogP) is 5.54. The Bertz CT molecular complexity index is 180. The summed E-state index contributed by atoms with van der Waals surface area (Å²) in [6, 6.07) is 0. The maximum absolute atomic E-state index is 7.35. The van der Waals surface area contributed by atoms with Crippen molar-refractivity contribution in [2.24, 2.45) is 16.7 Å². The molecule has 1 heteroatoms. The summed E-state index contributed by atoms with van der Waals surface area (Å²) < 4.78 is 0. The minimum atomic E-state index is 0.0727. The lowest BCUT2D eigenvalue weighted by Crippen LogP contribution is -2.21. The fraction of sp³-hybridized carbons (Fsp3) is 0.933. The fourth-order valence-corrected chi connectivity index (χ4v) is 2.12. The quantitative estimate of drug-likeness (QED) is 0.576. The molecule has 16 heavy (non-hydrogen) atoms. The Morgan fingerprint density at radius 2 is 1.50 bits per heavy atom. The third-order valence-corrected chi connectivity index (χ3v) is 3.12. The topological polar surface area (TPSA) is 23.9 Å². The number of hydrogen-bond donors (Lipinski definition) is 1. The molecule has 0 aromatic rings. The molecule has 1 unspecified atom stereocenters. The van der Waals surface area contributed by atoms with Gasteiger partial charge in [0.2, 0.25) is 0 Å². The summed E-state index contributed by atoms with van der Waals surface area (Å²) in [6.45, 7) is 17.5. The van der Waals surface area contributed by atoms with Gasteiger partial charge in [0.15, 0.2) is 0 Å². The monoisotopic (exact) mass is 227 g/mol. The van der Waals surface area contributed by atoms with Gasteiger partial charge in [-0.15, -0.1) is 0 Å². The van der Waals surface area contributed by atoms with Crippen molar-refractivity contribution in [1.82, 2.24) is 0 Å². The summed E-state index contributed by atoms with van der Waals surface area (Å²) in [7, 11) is 0. The summed E-state index contributed by atoms with van der Waals surface area (Å²) in [6.07, 6.45) is 5.21. The maximum Gasteiger partial charge on any atom is 0.000877 e. The van der Waals surface area contributed by atoms with Gasteiger partial charge in [0.25, 0.3) is 0 Å². The van der Waals surface area contributed by atoms with Gasteiger partial charge < -0.3 is 5.41 Å². The Morgan fingerprint density at radius 1 is 1.06 bits per heavy atom. The number of hydrogen-bond acceptors (Lipinski definition) is 1. The van der Waals surface area contributed by atoms with Gasteiger partial charge >= 0.3 is 0 Å². The van der Waals surface area contributed by atoms with Crippen molar-refractivity contribution in [3.05, 3.63) is 0 Å². The van der Waals surface area contributed by atoms with E-state index in [1.807, 2.05) is 13.8 Å². The van der Waals surface area contributed by atoms with Crippen molar-refractivity contribution >= 4 is 6.21 Å². The third kappa shape index (κ3) is 8.94. The van der Waals surface area contributed by atoms with Crippen LogP contribution in [0.25, 0.3) is 0 Å². The van der Waals surface area contributed by atoms with Gasteiger partial charge in [-0.25, -0.2) is 0 Å². The molecule has 0 fully saturated rings. The molecule has 0 bridgehead atoms. The van der Waals surface area contributed by atoms with Crippen molar-refractivity contribution in [2.45, 2.75) is 74.7 Å². The van der Waals surface area contributed by atoms with E-state index in [4.69, 9.17) is 5.41 Å². The predicted molar refractivity (Wildman–Crippen MR) is 76.4 cm³/mol. The molecule has 0 saturated heterocycles. The van der Waals surface area contributed by atoms with E-state index in [2.05, 4.69) is 41.5 Å². The fourth-order valence-electron chi connectivity index (χ4n) is 2.12. The largest absolute Gasteiger partial charge is 0.313 e. The Labute approximate surface area is 104 Å². The summed E-state index contributed by atoms with van der Waals surface area (Å²) in [5.74, 6) is 0.710. The zero-order valence-electron chi connectivity index (χ0n) is 12.8. The lowest BCUT2D eigenvalue weighted by Gasteiger charge is -2.30. The van der Waals surface area contributed by atoms with E-state index in [0.717, 1.165) is 6.42 Å². The molecule has 0 aliphatic heterocycles. The first kappa shape index (κ1) is 18.0. The summed E-state index contributed by atoms with van der Waals surface area (Å²) in [4.78, 5) is 0. The standard InChI is InChI=1S/C13H27N.C2H6/c1-7-12(3,4)8-11(2)9-13(5,6)10-14;1-2/h10-11,14H,7-9H2,1-6H3;1-2H3. The van der Waals surface area contributed by atoms with E-state index < -0.39 is 0 Å². The van der Waals surface area contributed by atoms with Gasteiger partial charge in [-0.3, -0.25) is 0 Å². The Morgan fingerprint density at radius 3 is 1.81 bits per heavy atom. The minimum Gasteiger partial charge on any atom is -0.313 e. The van der Waals surface area contributed by atoms with Crippen LogP contribution < -0.4 is 0 Å². The molecule has 1 nitrogen and oxygen atoms in total. The van der Waals surface area contributed by atoms with E-state index in [1.165, 1.54) is 12.8 Å². The molecule has 1 N–H and O–H groups in total. The molecule has 0 amide bonds. The lowest BCUT2D eigenvalue weighted by atomic mass is 9.75. The van der Waals surface area contributed by atoms with Crippen LogP contribution in [0.3, 0.4) is 0 Å². The molecule has 0 rings (SSSR count). The summed E-state index contributed by atoms with van der Waals surface area (Å²) in [5.41, 5.74) is 0.529. The van der Waals surface area contributed by atoms with E-state index in [9.17, 15) is 0 Å². The summed E-state index contributed by atoms with van der Waals surface area (Å²) in [5, 5.41) is 7.35. The van der Waals surface area contributed by atoms with Crippen LogP contribution in [0.1, 0.15) is 74.7 Å². The molecule has 1 atom stereocenters. The van der Waals surface area contributed by atoms with Gasteiger partial charge in [0.05, 0.1) is 0 Å². The molecular formula is C15H33N. The Kier molecular flexibility index (Phi) is 8.87. The Hall–Kier alpha value is -0.330. The van der Waals surface area contributed by atoms with Gasteiger partial charge in [-0.1, -0.05) is 61.8 Å². The van der Waals surface area contributed by atoms with Crippen LogP contribution in [0.4, 0.5) is 0 Å². The van der Waals surface area contributed by atoms with Gasteiger partial charge in [0.1, 0.15) is 0 Å². The van der Waals surface area contributed by atoms with E-state index in [0.29, 0.717) is 11.3 Å². The zero-order valence-corrected chi connectivity index (χ0v) is 12.8. The van der Waals surface area contributed by atoms with Crippen LogP contribution in [0.5, 0.6) is 0 Å². The van der Waals surface area contributed by atoms with Crippen molar-refractivity contribution in [3.63, 3.8) is 0 Å². The first-order chi connectivity index (χ1) is 7.22. The first-order valence-corrected chi connectivity index (χ1v) is 6.74. The normalized spacial score (nSPS) is 13.8. The van der Waals surface area contributed by atoms with Crippen molar-refractivity contribution in [3.8, 4) is 0 Å². The minimum absolute atomic E-state index is 0.0727. The van der Waals surface area contributed by atoms with Gasteiger partial charge in [-0.05, 0) is 29.6 Å². The van der Waals surface area contributed by atoms with E-state index in [1.54, 1.807) is 6.21 Å². The van der Waals surface area contributed by atoms with Crippen LogP contribution >= 0.6 is 0 Å². The first-order valence-electron chi connectivity index (χ1n) is 6.74. The average Bonchev–Trinajstić information content (AvgIpc) is 2.19. The second kappa shape index (κ2) is 7.86. The SMILES string of the molecule is CC.CCC(C)(C)CC(C)CC(C)(C)C=N. The molecule has 0 aromatic carbocycles. The molecule has 0 aliphatic rings. The molecule has 0 radical (unpaired) electrons. The van der Waals surface area contributed by atoms with Crippen LogP contribution in [-0.2, 0) is 0 Å². The average molecular weight is 227 g/mol. The molecule has 0 aromatic heterocycles. The number of nitrogens with one attached hydrogen (secondary N) is 1. The third-order valence-electron chi connectivity index (χ3n) is 3.12. The molecule has 0 spiro atoms. The molecule has 0 saturated carbocycles. The highest BCUT2D eigenvalue weighted by Gasteiger charge is 2.23. The van der Waals surface area contributed by atoms with Gasteiger partial charge in [0, 0.05) is 6.21 Å². The summed E-state index contributed by atoms with van der Waals surface area (Å²) >= 11 is 0. The van der Waals surface area contributed by atoms with Crippen molar-refractivity contribution in [1.29, 1.82) is 5.41 Å². The molecule has 0 heterocycles. The maximum atomic E-state index is 7.35. The second-order valence-corrected chi connectivity index (χ2v) is 6.16. The van der Waals surface area contributed by atoms with Gasteiger partial charge in [-0.2, -0.15) is 0 Å². The van der Waals surface area contributed by atoms with E-state index >= 15 is 0 Å². The van der Waals surface area contributed by atoms with Crippen molar-refractivity contribution in [2.75, 3.05) is 0 Å². The van der Waals surface area contributed by atoms with Crippen LogP contribution in [0.2, 0.25) is 0 Å². The zero-order chi connectivity index (χ0) is 13.4. The Balaban J connectivity index is 0.